The summed E-state index contributed by atoms with van der Waals surface area (Å²) in [7, 11) is -3.88. The molecule has 0 saturated carbocycles. The van der Waals surface area contributed by atoms with Gasteiger partial charge in [0.15, 0.2) is 0 Å². The number of halogens is 3. The van der Waals surface area contributed by atoms with Crippen molar-refractivity contribution in [2.45, 2.75) is 25.3 Å². The number of carbonyl (C=O) groups excluding carboxylic acids is 1. The van der Waals surface area contributed by atoms with E-state index in [1.165, 1.54) is 6.92 Å². The van der Waals surface area contributed by atoms with Crippen LogP contribution >= 0.6 is 0 Å². The number of esters is 1. The summed E-state index contributed by atoms with van der Waals surface area (Å²) in [5, 5.41) is 0. The lowest BCUT2D eigenvalue weighted by molar-refractivity contribution is -0.205. The highest BCUT2D eigenvalue weighted by Crippen LogP contribution is 2.23. The van der Waals surface area contributed by atoms with Crippen molar-refractivity contribution in [2.24, 2.45) is 0 Å². The number of alkyl halides is 3. The van der Waals surface area contributed by atoms with E-state index in [1.807, 2.05) is 0 Å². The second-order valence-electron chi connectivity index (χ2n) is 2.97. The highest BCUT2D eigenvalue weighted by atomic mass is 32.2. The Bertz CT molecular complexity index is 359. The molecule has 0 aliphatic carbocycles. The molecule has 1 aliphatic rings. The van der Waals surface area contributed by atoms with Crippen molar-refractivity contribution >= 4 is 16.1 Å². The fourth-order valence-corrected chi connectivity index (χ4v) is 2.41. The van der Waals surface area contributed by atoms with Crippen molar-refractivity contribution in [3.63, 3.8) is 0 Å². The predicted molar refractivity (Wildman–Crippen MR) is 40.3 cm³/mol. The lowest BCUT2D eigenvalue weighted by Crippen LogP contribution is -2.34. The van der Waals surface area contributed by atoms with Crippen molar-refractivity contribution in [3.05, 3.63) is 0 Å². The van der Waals surface area contributed by atoms with E-state index in [-0.39, 0.29) is 0 Å². The molecule has 2 unspecified atom stereocenters. The Labute approximate surface area is 83.3 Å². The molecule has 0 radical (unpaired) electrons. The Morgan fingerprint density at radius 2 is 2.00 bits per heavy atom. The molecule has 1 fully saturated rings. The summed E-state index contributed by atoms with van der Waals surface area (Å²) in [5.74, 6) is -3.17. The van der Waals surface area contributed by atoms with Gasteiger partial charge < -0.3 is 4.74 Å². The minimum absolute atomic E-state index is 0.754. The topological polar surface area (TPSA) is 69.7 Å². The number of rotatable bonds is 1. The minimum atomic E-state index is -5.13. The molecule has 0 aromatic rings. The summed E-state index contributed by atoms with van der Waals surface area (Å²) in [6.07, 6.45) is -7.64. The molecule has 1 aliphatic heterocycles. The Balaban J connectivity index is 2.66. The second kappa shape index (κ2) is 3.63. The molecule has 0 bridgehead atoms. The molecule has 9 heteroatoms. The van der Waals surface area contributed by atoms with Gasteiger partial charge in [-0.1, -0.05) is 0 Å². The smallest absolute Gasteiger partial charge is 0.452 e. The van der Waals surface area contributed by atoms with Crippen LogP contribution in [0.3, 0.4) is 0 Å². The van der Waals surface area contributed by atoms with E-state index >= 15 is 0 Å². The largest absolute Gasteiger partial charge is 0.490 e. The van der Waals surface area contributed by atoms with Crippen LogP contribution in [0.15, 0.2) is 0 Å². The quantitative estimate of drug-likeness (QED) is 0.490. The molecule has 1 rings (SSSR count). The van der Waals surface area contributed by atoms with E-state index in [0.29, 0.717) is 0 Å². The Morgan fingerprint density at radius 3 is 2.33 bits per heavy atom. The first-order valence-electron chi connectivity index (χ1n) is 3.80. The van der Waals surface area contributed by atoms with Gasteiger partial charge in [0.2, 0.25) is 0 Å². The first kappa shape index (κ1) is 12.2. The lowest BCUT2D eigenvalue weighted by atomic mass is 10.2. The van der Waals surface area contributed by atoms with E-state index in [9.17, 15) is 26.4 Å². The third-order valence-electron chi connectivity index (χ3n) is 1.68. The average Bonchev–Trinajstić information content (AvgIpc) is 2.22. The third kappa shape index (κ3) is 3.06. The SMILES string of the molecule is CC1OS(=O)(=O)CC1OC(=O)C(F)(F)F. The van der Waals surface area contributed by atoms with Gasteiger partial charge in [0.1, 0.15) is 18.0 Å². The number of hydrogen-bond donors (Lipinski definition) is 0. The van der Waals surface area contributed by atoms with Gasteiger partial charge in [0.05, 0.1) is 0 Å². The summed E-state index contributed by atoms with van der Waals surface area (Å²) < 4.78 is 65.1. The van der Waals surface area contributed by atoms with Crippen molar-refractivity contribution < 1.29 is 35.3 Å². The van der Waals surface area contributed by atoms with Crippen LogP contribution in [0.2, 0.25) is 0 Å². The number of ether oxygens (including phenoxy) is 1. The maximum absolute atomic E-state index is 11.8. The maximum Gasteiger partial charge on any atom is 0.490 e. The monoisotopic (exact) mass is 248 g/mol. The molecular weight excluding hydrogens is 241 g/mol. The van der Waals surface area contributed by atoms with Crippen LogP contribution in [0.4, 0.5) is 13.2 Å². The fraction of sp³-hybridized carbons (Fsp3) is 0.833. The van der Waals surface area contributed by atoms with Crippen molar-refractivity contribution in [3.8, 4) is 0 Å². The first-order chi connectivity index (χ1) is 6.62. The zero-order valence-corrected chi connectivity index (χ0v) is 8.26. The molecule has 0 spiro atoms. The van der Waals surface area contributed by atoms with E-state index in [4.69, 9.17) is 0 Å². The molecule has 2 atom stereocenters. The van der Waals surface area contributed by atoms with Crippen molar-refractivity contribution in [1.29, 1.82) is 0 Å². The standard InChI is InChI=1S/C6H7F3O5S/c1-3-4(2-15(11,12)14-3)13-5(10)6(7,8)9/h3-4H,2H2,1H3. The average molecular weight is 248 g/mol. The van der Waals surface area contributed by atoms with Gasteiger partial charge in [-0.25, -0.2) is 4.79 Å². The highest BCUT2D eigenvalue weighted by molar-refractivity contribution is 7.87. The summed E-state index contributed by atoms with van der Waals surface area (Å²) in [5.41, 5.74) is 0. The van der Waals surface area contributed by atoms with Crippen LogP contribution < -0.4 is 0 Å². The molecule has 0 aromatic heterocycles. The summed E-state index contributed by atoms with van der Waals surface area (Å²) in [6.45, 7) is 1.21. The predicted octanol–water partition coefficient (Wildman–Crippen LogP) is 0.209. The zero-order valence-electron chi connectivity index (χ0n) is 7.45. The molecule has 1 heterocycles. The maximum atomic E-state index is 11.8. The van der Waals surface area contributed by atoms with Crippen molar-refractivity contribution in [2.75, 3.05) is 5.75 Å². The van der Waals surface area contributed by atoms with Crippen LogP contribution in [0.5, 0.6) is 0 Å². The normalized spacial score (nSPS) is 30.1. The molecule has 88 valence electrons. The first-order valence-corrected chi connectivity index (χ1v) is 5.38. The van der Waals surface area contributed by atoms with Gasteiger partial charge in [-0.3, -0.25) is 4.18 Å². The Kier molecular flexibility index (Phi) is 2.97. The molecular formula is C6H7F3O5S. The molecule has 5 nitrogen and oxygen atoms in total. The molecule has 0 N–H and O–H groups in total. The van der Waals surface area contributed by atoms with Gasteiger partial charge in [-0.05, 0) is 6.92 Å². The van der Waals surface area contributed by atoms with Gasteiger partial charge >= 0.3 is 12.1 Å². The van der Waals surface area contributed by atoms with Crippen LogP contribution in [-0.2, 0) is 23.8 Å². The Morgan fingerprint density at radius 1 is 1.47 bits per heavy atom. The van der Waals surface area contributed by atoms with Crippen molar-refractivity contribution in [1.82, 2.24) is 0 Å². The van der Waals surface area contributed by atoms with Crippen LogP contribution in [0.1, 0.15) is 6.92 Å². The number of hydrogen-bond acceptors (Lipinski definition) is 5. The lowest BCUT2D eigenvalue weighted by Gasteiger charge is -2.14. The van der Waals surface area contributed by atoms with Crippen LogP contribution in [0.25, 0.3) is 0 Å². The van der Waals surface area contributed by atoms with E-state index < -0.39 is 40.2 Å². The van der Waals surface area contributed by atoms with Crippen LogP contribution in [-0.4, -0.2) is 38.5 Å². The minimum Gasteiger partial charge on any atom is -0.452 e. The molecule has 0 aromatic carbocycles. The van der Waals surface area contributed by atoms with Gasteiger partial charge in [-0.15, -0.1) is 0 Å². The highest BCUT2D eigenvalue weighted by Gasteiger charge is 2.46. The zero-order chi connectivity index (χ0) is 11.9. The molecule has 15 heavy (non-hydrogen) atoms. The van der Waals surface area contributed by atoms with E-state index in [2.05, 4.69) is 8.92 Å². The third-order valence-corrected chi connectivity index (χ3v) is 3.01. The van der Waals surface area contributed by atoms with Crippen LogP contribution in [0, 0.1) is 0 Å². The van der Waals surface area contributed by atoms with Gasteiger partial charge in [0.25, 0.3) is 10.1 Å². The molecule has 1 saturated heterocycles. The Hall–Kier alpha value is -0.830. The summed E-state index contributed by atoms with van der Waals surface area (Å²) in [4.78, 5) is 10.4. The van der Waals surface area contributed by atoms with E-state index in [1.54, 1.807) is 0 Å². The summed E-state index contributed by atoms with van der Waals surface area (Å²) in [6, 6.07) is 0. The van der Waals surface area contributed by atoms with Gasteiger partial charge in [0, 0.05) is 0 Å². The van der Waals surface area contributed by atoms with E-state index in [0.717, 1.165) is 0 Å². The second-order valence-corrected chi connectivity index (χ2v) is 4.61. The fourth-order valence-electron chi connectivity index (χ4n) is 1.00. The number of carbonyl (C=O) groups is 1. The molecule has 0 amide bonds. The van der Waals surface area contributed by atoms with Gasteiger partial charge in [-0.2, -0.15) is 21.6 Å². The summed E-state index contributed by atoms with van der Waals surface area (Å²) >= 11 is 0.